The fourth-order valence-corrected chi connectivity index (χ4v) is 2.18. The van der Waals surface area contributed by atoms with Crippen molar-refractivity contribution in [1.82, 2.24) is 5.32 Å². The lowest BCUT2D eigenvalue weighted by atomic mass is 10.1. The Morgan fingerprint density at radius 1 is 1.20 bits per heavy atom. The molecular weight excluding hydrogens is 250 g/mol. The molecule has 0 heterocycles. The fourth-order valence-electron chi connectivity index (χ4n) is 2.18. The van der Waals surface area contributed by atoms with E-state index in [1.165, 1.54) is 12.0 Å². The molecule has 1 rings (SSSR count). The molecule has 20 heavy (non-hydrogen) atoms. The molecule has 1 aromatic carbocycles. The Hall–Kier alpha value is -1.06. The number of ether oxygens (including phenoxy) is 2. The maximum absolute atomic E-state index is 5.81. The summed E-state index contributed by atoms with van der Waals surface area (Å²) in [5.74, 6) is 1.69. The maximum atomic E-state index is 5.81. The van der Waals surface area contributed by atoms with E-state index in [-0.39, 0.29) is 6.04 Å². The predicted molar refractivity (Wildman–Crippen MR) is 84.3 cm³/mol. The lowest BCUT2D eigenvalue weighted by molar-refractivity contribution is 0.107. The van der Waals surface area contributed by atoms with Crippen LogP contribution < -0.4 is 10.1 Å². The number of para-hydroxylation sites is 1. The van der Waals surface area contributed by atoms with E-state index in [9.17, 15) is 0 Å². The number of likely N-dealkylation sites (N-methyl/N-ethyl adjacent to an activating group) is 1. The van der Waals surface area contributed by atoms with E-state index in [2.05, 4.69) is 25.2 Å². The van der Waals surface area contributed by atoms with Gasteiger partial charge in [-0.05, 0) is 38.8 Å². The minimum atomic E-state index is 0.178. The van der Waals surface area contributed by atoms with E-state index >= 15 is 0 Å². The van der Waals surface area contributed by atoms with Crippen LogP contribution in [0, 0.1) is 5.92 Å². The number of nitrogens with one attached hydrogen (secondary N) is 1. The molecule has 0 bridgehead atoms. The third-order valence-corrected chi connectivity index (χ3v) is 3.30. The lowest BCUT2D eigenvalue weighted by Crippen LogP contribution is -2.23. The Balaban J connectivity index is 2.49. The summed E-state index contributed by atoms with van der Waals surface area (Å²) in [6.07, 6.45) is 2.35. The van der Waals surface area contributed by atoms with E-state index in [1.54, 1.807) is 0 Å². The first-order valence-corrected chi connectivity index (χ1v) is 7.65. The van der Waals surface area contributed by atoms with Crippen LogP contribution in [-0.4, -0.2) is 26.9 Å². The zero-order valence-corrected chi connectivity index (χ0v) is 13.3. The van der Waals surface area contributed by atoms with Crippen molar-refractivity contribution in [2.45, 2.75) is 39.7 Å². The van der Waals surface area contributed by atoms with Crippen molar-refractivity contribution in [3.8, 4) is 5.75 Å². The van der Waals surface area contributed by atoms with Crippen LogP contribution in [0.3, 0.4) is 0 Å². The molecule has 0 saturated carbocycles. The van der Waals surface area contributed by atoms with Crippen LogP contribution in [0.25, 0.3) is 0 Å². The van der Waals surface area contributed by atoms with Crippen LogP contribution in [0.2, 0.25) is 0 Å². The van der Waals surface area contributed by atoms with Crippen molar-refractivity contribution in [2.24, 2.45) is 5.92 Å². The molecular formula is C17H29NO2. The molecule has 1 unspecified atom stereocenters. The van der Waals surface area contributed by atoms with Gasteiger partial charge in [-0.2, -0.15) is 0 Å². The molecule has 0 aliphatic rings. The highest BCUT2D eigenvalue weighted by molar-refractivity contribution is 5.36. The van der Waals surface area contributed by atoms with Crippen molar-refractivity contribution < 1.29 is 9.47 Å². The maximum Gasteiger partial charge on any atom is 0.124 e. The second-order valence-electron chi connectivity index (χ2n) is 5.42. The Bertz CT molecular complexity index is 366. The molecule has 1 aromatic rings. The lowest BCUT2D eigenvalue weighted by Gasteiger charge is -2.20. The summed E-state index contributed by atoms with van der Waals surface area (Å²) in [5.41, 5.74) is 1.17. The van der Waals surface area contributed by atoms with E-state index in [0.717, 1.165) is 24.7 Å². The standard InChI is InChI=1S/C17H29NO2/c1-5-20-17-11-7-6-10-15(17)16(18-4)13-19-12-8-9-14(2)3/h6-7,10-11,14,16,18H,5,8-9,12-13H2,1-4H3. The fraction of sp³-hybridized carbons (Fsp3) is 0.647. The quantitative estimate of drug-likeness (QED) is 0.661. The van der Waals surface area contributed by atoms with Gasteiger partial charge >= 0.3 is 0 Å². The number of benzene rings is 1. The molecule has 0 aliphatic heterocycles. The average molecular weight is 279 g/mol. The van der Waals surface area contributed by atoms with Crippen LogP contribution in [0.5, 0.6) is 5.75 Å². The second kappa shape index (κ2) is 9.78. The summed E-state index contributed by atoms with van der Waals surface area (Å²) in [6, 6.07) is 8.34. The molecule has 1 atom stereocenters. The van der Waals surface area contributed by atoms with Crippen LogP contribution in [-0.2, 0) is 4.74 Å². The minimum Gasteiger partial charge on any atom is -0.494 e. The van der Waals surface area contributed by atoms with Crippen LogP contribution >= 0.6 is 0 Å². The first kappa shape index (κ1) is 17.0. The normalized spacial score (nSPS) is 12.7. The van der Waals surface area contributed by atoms with Crippen molar-refractivity contribution in [1.29, 1.82) is 0 Å². The largest absolute Gasteiger partial charge is 0.494 e. The van der Waals surface area contributed by atoms with Gasteiger partial charge in [0.1, 0.15) is 5.75 Å². The number of rotatable bonds is 10. The molecule has 0 saturated heterocycles. The van der Waals surface area contributed by atoms with Gasteiger partial charge in [0.05, 0.1) is 19.3 Å². The van der Waals surface area contributed by atoms with E-state index in [1.807, 2.05) is 32.2 Å². The second-order valence-corrected chi connectivity index (χ2v) is 5.42. The van der Waals surface area contributed by atoms with Crippen LogP contribution in [0.15, 0.2) is 24.3 Å². The summed E-state index contributed by atoms with van der Waals surface area (Å²) < 4.78 is 11.5. The topological polar surface area (TPSA) is 30.5 Å². The molecule has 1 N–H and O–H groups in total. The van der Waals surface area contributed by atoms with Crippen molar-refractivity contribution >= 4 is 0 Å². The Labute approximate surface area is 123 Å². The predicted octanol–water partition coefficient (Wildman–Crippen LogP) is 3.80. The van der Waals surface area contributed by atoms with Gasteiger partial charge in [-0.15, -0.1) is 0 Å². The number of hydrogen-bond acceptors (Lipinski definition) is 3. The highest BCUT2D eigenvalue weighted by Crippen LogP contribution is 2.25. The molecule has 0 radical (unpaired) electrons. The summed E-state index contributed by atoms with van der Waals surface area (Å²) in [5, 5.41) is 3.31. The van der Waals surface area contributed by atoms with Gasteiger partial charge in [0.2, 0.25) is 0 Å². The van der Waals surface area contributed by atoms with Crippen molar-refractivity contribution in [3.63, 3.8) is 0 Å². The van der Waals surface area contributed by atoms with Gasteiger partial charge in [0.25, 0.3) is 0 Å². The average Bonchev–Trinajstić information content (AvgIpc) is 2.44. The molecule has 114 valence electrons. The summed E-state index contributed by atoms with van der Waals surface area (Å²) in [6.45, 7) is 8.69. The van der Waals surface area contributed by atoms with Gasteiger partial charge in [-0.25, -0.2) is 0 Å². The van der Waals surface area contributed by atoms with Gasteiger partial charge in [0.15, 0.2) is 0 Å². The minimum absolute atomic E-state index is 0.178. The summed E-state index contributed by atoms with van der Waals surface area (Å²) >= 11 is 0. The van der Waals surface area contributed by atoms with Gasteiger partial charge in [-0.3, -0.25) is 0 Å². The Kier molecular flexibility index (Phi) is 8.31. The van der Waals surface area contributed by atoms with Gasteiger partial charge < -0.3 is 14.8 Å². The molecule has 0 aromatic heterocycles. The first-order chi connectivity index (χ1) is 9.69. The summed E-state index contributed by atoms with van der Waals surface area (Å²) in [4.78, 5) is 0. The van der Waals surface area contributed by atoms with E-state index in [4.69, 9.17) is 9.47 Å². The van der Waals surface area contributed by atoms with Crippen molar-refractivity contribution in [3.05, 3.63) is 29.8 Å². The molecule has 0 aliphatic carbocycles. The highest BCUT2D eigenvalue weighted by Gasteiger charge is 2.14. The number of hydrogen-bond donors (Lipinski definition) is 1. The zero-order chi connectivity index (χ0) is 14.8. The Morgan fingerprint density at radius 3 is 2.60 bits per heavy atom. The van der Waals surface area contributed by atoms with Crippen LogP contribution in [0.1, 0.15) is 45.2 Å². The van der Waals surface area contributed by atoms with Crippen LogP contribution in [0.4, 0.5) is 0 Å². The molecule has 0 amide bonds. The molecule has 3 heteroatoms. The third kappa shape index (κ3) is 5.93. The summed E-state index contributed by atoms with van der Waals surface area (Å²) in [7, 11) is 1.96. The third-order valence-electron chi connectivity index (χ3n) is 3.30. The highest BCUT2D eigenvalue weighted by atomic mass is 16.5. The smallest absolute Gasteiger partial charge is 0.124 e. The monoisotopic (exact) mass is 279 g/mol. The SMILES string of the molecule is CCOc1ccccc1C(COCCCC(C)C)NC. The molecule has 0 spiro atoms. The van der Waals surface area contributed by atoms with Gasteiger partial charge in [-0.1, -0.05) is 32.0 Å². The van der Waals surface area contributed by atoms with E-state index < -0.39 is 0 Å². The molecule has 3 nitrogen and oxygen atoms in total. The van der Waals surface area contributed by atoms with Crippen molar-refractivity contribution in [2.75, 3.05) is 26.9 Å². The van der Waals surface area contributed by atoms with Gasteiger partial charge in [0, 0.05) is 12.2 Å². The van der Waals surface area contributed by atoms with E-state index in [0.29, 0.717) is 13.2 Å². The Morgan fingerprint density at radius 2 is 1.95 bits per heavy atom. The first-order valence-electron chi connectivity index (χ1n) is 7.65. The zero-order valence-electron chi connectivity index (χ0n) is 13.3. The molecule has 0 fully saturated rings.